The highest BCUT2D eigenvalue weighted by Gasteiger charge is 1.97. The van der Waals surface area contributed by atoms with Crippen molar-refractivity contribution >= 4 is 32.5 Å². The molecule has 0 aliphatic carbocycles. The molecular formula is C22H16O. The number of para-hydroxylation sites is 1. The van der Waals surface area contributed by atoms with E-state index in [1.807, 2.05) is 30.3 Å². The van der Waals surface area contributed by atoms with E-state index in [4.69, 9.17) is 4.42 Å². The molecule has 0 saturated heterocycles. The van der Waals surface area contributed by atoms with Gasteiger partial charge >= 0.3 is 0 Å². The molecule has 0 unspecified atom stereocenters. The van der Waals surface area contributed by atoms with Gasteiger partial charge in [0.1, 0.15) is 5.58 Å². The van der Waals surface area contributed by atoms with Gasteiger partial charge < -0.3 is 4.42 Å². The first-order chi connectivity index (χ1) is 11.4. The molecule has 1 nitrogen and oxygen atoms in total. The summed E-state index contributed by atoms with van der Waals surface area (Å²) >= 11 is 0. The quantitative estimate of drug-likeness (QED) is 0.300. The summed E-state index contributed by atoms with van der Waals surface area (Å²) in [5, 5.41) is 6.46. The number of furan rings is 1. The lowest BCUT2D eigenvalue weighted by Crippen LogP contribution is -1.75. The molecule has 0 saturated carbocycles. The second-order valence-electron chi connectivity index (χ2n) is 5.47. The molecule has 0 aliphatic heterocycles. The summed E-state index contributed by atoms with van der Waals surface area (Å²) in [4.78, 5) is 0. The third kappa shape index (κ3) is 2.69. The monoisotopic (exact) mass is 296 g/mol. The van der Waals surface area contributed by atoms with Crippen molar-refractivity contribution in [3.8, 4) is 0 Å². The molecule has 110 valence electrons. The second-order valence-corrected chi connectivity index (χ2v) is 5.47. The molecule has 23 heavy (non-hydrogen) atoms. The maximum Gasteiger partial charge on any atom is 0.133 e. The highest BCUT2D eigenvalue weighted by molar-refractivity contribution is 6.07. The minimum absolute atomic E-state index is 0.956. The zero-order chi connectivity index (χ0) is 15.5. The standard InChI is InChI=1S/C14H10.C8H6O/c1-3-7-13-11(5-1)9-10-12-6-2-4-8-14(12)13;1-2-4-8-7(3-1)5-6-9-8/h1-10H;1-6H. The fourth-order valence-electron chi connectivity index (χ4n) is 2.86. The van der Waals surface area contributed by atoms with Crippen LogP contribution in [0.25, 0.3) is 32.5 Å². The lowest BCUT2D eigenvalue weighted by molar-refractivity contribution is 0.616. The number of hydrogen-bond acceptors (Lipinski definition) is 1. The van der Waals surface area contributed by atoms with Crippen molar-refractivity contribution in [2.24, 2.45) is 0 Å². The summed E-state index contributed by atoms with van der Waals surface area (Å²) in [5.41, 5.74) is 0.956. The minimum Gasteiger partial charge on any atom is -0.464 e. The van der Waals surface area contributed by atoms with Gasteiger partial charge in [0.05, 0.1) is 6.26 Å². The van der Waals surface area contributed by atoms with E-state index in [0.29, 0.717) is 0 Å². The van der Waals surface area contributed by atoms with Crippen LogP contribution in [0.3, 0.4) is 0 Å². The van der Waals surface area contributed by atoms with Crippen molar-refractivity contribution in [1.29, 1.82) is 0 Å². The van der Waals surface area contributed by atoms with Gasteiger partial charge in [0, 0.05) is 5.39 Å². The van der Waals surface area contributed by atoms with Crippen LogP contribution in [-0.2, 0) is 0 Å². The first-order valence-electron chi connectivity index (χ1n) is 7.70. The molecule has 0 N–H and O–H groups in total. The van der Waals surface area contributed by atoms with Crippen LogP contribution >= 0.6 is 0 Å². The van der Waals surface area contributed by atoms with Crippen molar-refractivity contribution in [3.63, 3.8) is 0 Å². The van der Waals surface area contributed by atoms with Gasteiger partial charge in [0.15, 0.2) is 0 Å². The molecular weight excluding hydrogens is 280 g/mol. The van der Waals surface area contributed by atoms with Crippen molar-refractivity contribution < 1.29 is 4.42 Å². The molecule has 0 fully saturated rings. The van der Waals surface area contributed by atoms with Crippen LogP contribution in [0.5, 0.6) is 0 Å². The van der Waals surface area contributed by atoms with Crippen LogP contribution in [0.15, 0.2) is 102 Å². The SMILES string of the molecule is c1ccc2c(c1)ccc1ccccc12.c1ccc2occc2c1. The Morgan fingerprint density at radius 2 is 0.957 bits per heavy atom. The molecule has 0 bridgehead atoms. The topological polar surface area (TPSA) is 13.1 Å². The number of benzene rings is 4. The summed E-state index contributed by atoms with van der Waals surface area (Å²) in [6.45, 7) is 0. The summed E-state index contributed by atoms with van der Waals surface area (Å²) < 4.78 is 5.12. The predicted molar refractivity (Wildman–Crippen MR) is 97.7 cm³/mol. The first kappa shape index (κ1) is 13.6. The fraction of sp³-hybridized carbons (Fsp3) is 0. The van der Waals surface area contributed by atoms with E-state index in [1.54, 1.807) is 6.26 Å². The Balaban J connectivity index is 0.000000130. The van der Waals surface area contributed by atoms with Crippen LogP contribution in [0.2, 0.25) is 0 Å². The molecule has 5 aromatic rings. The van der Waals surface area contributed by atoms with E-state index in [9.17, 15) is 0 Å². The predicted octanol–water partition coefficient (Wildman–Crippen LogP) is 6.43. The molecule has 1 heterocycles. The van der Waals surface area contributed by atoms with Crippen LogP contribution < -0.4 is 0 Å². The Labute approximate surface area is 134 Å². The van der Waals surface area contributed by atoms with E-state index in [0.717, 1.165) is 11.0 Å². The van der Waals surface area contributed by atoms with Gasteiger partial charge in [-0.05, 0) is 33.7 Å². The van der Waals surface area contributed by atoms with Gasteiger partial charge in [0.2, 0.25) is 0 Å². The Morgan fingerprint density at radius 1 is 0.435 bits per heavy atom. The van der Waals surface area contributed by atoms with Gasteiger partial charge in [-0.1, -0.05) is 78.9 Å². The molecule has 0 radical (unpaired) electrons. The average Bonchev–Trinajstić information content (AvgIpc) is 3.11. The van der Waals surface area contributed by atoms with Crippen LogP contribution in [0.1, 0.15) is 0 Å². The zero-order valence-electron chi connectivity index (χ0n) is 12.6. The largest absolute Gasteiger partial charge is 0.464 e. The van der Waals surface area contributed by atoms with E-state index in [1.165, 1.54) is 21.5 Å². The Hall–Kier alpha value is -3.06. The normalized spacial score (nSPS) is 10.6. The molecule has 0 amide bonds. The van der Waals surface area contributed by atoms with E-state index in [-0.39, 0.29) is 0 Å². The number of hydrogen-bond donors (Lipinski definition) is 0. The van der Waals surface area contributed by atoms with Crippen LogP contribution in [0, 0.1) is 0 Å². The first-order valence-corrected chi connectivity index (χ1v) is 7.70. The van der Waals surface area contributed by atoms with E-state index in [2.05, 4.69) is 60.7 Å². The Kier molecular flexibility index (Phi) is 3.53. The molecule has 0 spiro atoms. The highest BCUT2D eigenvalue weighted by atomic mass is 16.3. The van der Waals surface area contributed by atoms with Crippen molar-refractivity contribution in [1.82, 2.24) is 0 Å². The van der Waals surface area contributed by atoms with Gasteiger partial charge in [-0.25, -0.2) is 0 Å². The van der Waals surface area contributed by atoms with Gasteiger partial charge in [-0.2, -0.15) is 0 Å². The number of fused-ring (bicyclic) bond motifs is 4. The maximum absolute atomic E-state index is 5.12. The smallest absolute Gasteiger partial charge is 0.133 e. The molecule has 1 heteroatoms. The van der Waals surface area contributed by atoms with E-state index >= 15 is 0 Å². The summed E-state index contributed by atoms with van der Waals surface area (Å²) in [6.07, 6.45) is 1.70. The van der Waals surface area contributed by atoms with Crippen LogP contribution in [0.4, 0.5) is 0 Å². The van der Waals surface area contributed by atoms with Gasteiger partial charge in [-0.15, -0.1) is 0 Å². The lowest BCUT2D eigenvalue weighted by atomic mass is 10.0. The summed E-state index contributed by atoms with van der Waals surface area (Å²) in [7, 11) is 0. The molecule has 0 atom stereocenters. The Morgan fingerprint density at radius 3 is 1.57 bits per heavy atom. The summed E-state index contributed by atoms with van der Waals surface area (Å²) in [6, 6.07) is 31.3. The number of rotatable bonds is 0. The Bertz CT molecular complexity index is 988. The van der Waals surface area contributed by atoms with E-state index < -0.39 is 0 Å². The molecule has 5 rings (SSSR count). The lowest BCUT2D eigenvalue weighted by Gasteiger charge is -2.02. The van der Waals surface area contributed by atoms with Gasteiger partial charge in [-0.3, -0.25) is 0 Å². The third-order valence-corrected chi connectivity index (χ3v) is 4.02. The van der Waals surface area contributed by atoms with Crippen LogP contribution in [-0.4, -0.2) is 0 Å². The van der Waals surface area contributed by atoms with Crippen molar-refractivity contribution in [3.05, 3.63) is 97.3 Å². The average molecular weight is 296 g/mol. The third-order valence-electron chi connectivity index (χ3n) is 4.02. The second kappa shape index (κ2) is 5.98. The molecule has 4 aromatic carbocycles. The van der Waals surface area contributed by atoms with Crippen molar-refractivity contribution in [2.45, 2.75) is 0 Å². The molecule has 0 aliphatic rings. The fourth-order valence-corrected chi connectivity index (χ4v) is 2.86. The van der Waals surface area contributed by atoms with Gasteiger partial charge in [0.25, 0.3) is 0 Å². The molecule has 1 aromatic heterocycles. The zero-order valence-corrected chi connectivity index (χ0v) is 12.6. The highest BCUT2D eigenvalue weighted by Crippen LogP contribution is 2.24. The minimum atomic E-state index is 0.956. The maximum atomic E-state index is 5.12. The van der Waals surface area contributed by atoms with Crippen molar-refractivity contribution in [2.75, 3.05) is 0 Å². The summed E-state index contributed by atoms with van der Waals surface area (Å²) in [5.74, 6) is 0.